The van der Waals surface area contributed by atoms with Crippen molar-refractivity contribution >= 4 is 5.88 Å². The maximum Gasteiger partial charge on any atom is 0.248 e. The normalized spacial score (nSPS) is 10.8. The van der Waals surface area contributed by atoms with Gasteiger partial charge in [0.25, 0.3) is 0 Å². The molecule has 0 atom stereocenters. The molecule has 0 amide bonds. The topological polar surface area (TPSA) is 84.9 Å². The zero-order valence-corrected chi connectivity index (χ0v) is 11.8. The van der Waals surface area contributed by atoms with Crippen molar-refractivity contribution in [2.24, 2.45) is 0 Å². The van der Waals surface area contributed by atoms with Crippen molar-refractivity contribution in [2.75, 3.05) is 5.73 Å². The van der Waals surface area contributed by atoms with Gasteiger partial charge in [0.05, 0.1) is 11.3 Å². The van der Waals surface area contributed by atoms with E-state index in [4.69, 9.17) is 10.3 Å². The van der Waals surface area contributed by atoms with Gasteiger partial charge in [0, 0.05) is 6.07 Å². The van der Waals surface area contributed by atoms with Crippen molar-refractivity contribution in [1.82, 2.24) is 10.1 Å². The molecule has 3 N–H and O–H groups in total. The first-order valence-corrected chi connectivity index (χ1v) is 6.59. The molecular weight excluding hydrogens is 266 g/mol. The summed E-state index contributed by atoms with van der Waals surface area (Å²) in [7, 11) is 0. The summed E-state index contributed by atoms with van der Waals surface area (Å²) in [5.41, 5.74) is 10.8. The summed E-state index contributed by atoms with van der Waals surface area (Å²) < 4.78 is 5.12. The Labute approximate surface area is 121 Å². The van der Waals surface area contributed by atoms with E-state index in [1.807, 2.05) is 32.0 Å². The van der Waals surface area contributed by atoms with E-state index in [-0.39, 0.29) is 11.4 Å². The minimum Gasteiger partial charge on any atom is -0.367 e. The van der Waals surface area contributed by atoms with Crippen LogP contribution < -0.4 is 11.3 Å². The van der Waals surface area contributed by atoms with E-state index in [1.165, 1.54) is 11.6 Å². The summed E-state index contributed by atoms with van der Waals surface area (Å²) in [5.74, 6) is 0.234. The number of hydrogen-bond donors (Lipinski definition) is 2. The van der Waals surface area contributed by atoms with E-state index in [1.54, 1.807) is 12.1 Å². The number of nitrogens with two attached hydrogens (primary N) is 1. The van der Waals surface area contributed by atoms with Crippen LogP contribution in [0.15, 0.2) is 45.7 Å². The highest BCUT2D eigenvalue weighted by molar-refractivity contribution is 5.85. The molecule has 0 fully saturated rings. The quantitative estimate of drug-likeness (QED) is 0.756. The standard InChI is InChI=1S/C16H15N3O2/c1-9-6-7-11(8-10(9)2)14-15(19-21-16(14)17)12-4-3-5-13(20)18-12/h3-8H,17H2,1-2H3,(H,18,20). The van der Waals surface area contributed by atoms with E-state index in [0.717, 1.165) is 11.1 Å². The molecular formula is C16H15N3O2. The molecule has 2 aromatic heterocycles. The molecule has 1 aromatic carbocycles. The molecule has 0 aliphatic heterocycles. The molecule has 3 aromatic rings. The summed E-state index contributed by atoms with van der Waals surface area (Å²) in [6, 6.07) is 10.9. The van der Waals surface area contributed by atoms with Crippen LogP contribution in [0.4, 0.5) is 5.88 Å². The third-order valence-corrected chi connectivity index (χ3v) is 3.54. The summed E-state index contributed by atoms with van der Waals surface area (Å²) >= 11 is 0. The molecule has 0 aliphatic rings. The van der Waals surface area contributed by atoms with E-state index < -0.39 is 0 Å². The van der Waals surface area contributed by atoms with Crippen LogP contribution in [0.2, 0.25) is 0 Å². The van der Waals surface area contributed by atoms with Gasteiger partial charge in [0.1, 0.15) is 5.69 Å². The fraction of sp³-hybridized carbons (Fsp3) is 0.125. The molecule has 21 heavy (non-hydrogen) atoms. The lowest BCUT2D eigenvalue weighted by atomic mass is 9.99. The van der Waals surface area contributed by atoms with Gasteiger partial charge in [-0.2, -0.15) is 0 Å². The fourth-order valence-electron chi connectivity index (χ4n) is 2.25. The third kappa shape index (κ3) is 2.33. The average molecular weight is 281 g/mol. The Hall–Kier alpha value is -2.82. The summed E-state index contributed by atoms with van der Waals surface area (Å²) in [5, 5.41) is 3.99. The van der Waals surface area contributed by atoms with E-state index >= 15 is 0 Å². The van der Waals surface area contributed by atoms with Crippen molar-refractivity contribution in [2.45, 2.75) is 13.8 Å². The average Bonchev–Trinajstić information content (AvgIpc) is 2.84. The molecule has 5 nitrogen and oxygen atoms in total. The zero-order valence-electron chi connectivity index (χ0n) is 11.8. The van der Waals surface area contributed by atoms with Crippen LogP contribution in [0.5, 0.6) is 0 Å². The number of nitrogens with one attached hydrogen (secondary N) is 1. The van der Waals surface area contributed by atoms with Gasteiger partial charge in [0.15, 0.2) is 0 Å². The first-order chi connectivity index (χ1) is 10.1. The molecule has 0 unspecified atom stereocenters. The minimum absolute atomic E-state index is 0.194. The van der Waals surface area contributed by atoms with Gasteiger partial charge in [-0.05, 0) is 36.6 Å². The number of aryl methyl sites for hydroxylation is 2. The number of benzene rings is 1. The predicted molar refractivity (Wildman–Crippen MR) is 81.9 cm³/mol. The molecule has 0 saturated heterocycles. The van der Waals surface area contributed by atoms with E-state index in [2.05, 4.69) is 10.1 Å². The first-order valence-electron chi connectivity index (χ1n) is 6.59. The van der Waals surface area contributed by atoms with Crippen LogP contribution in [0.25, 0.3) is 22.5 Å². The summed E-state index contributed by atoms with van der Waals surface area (Å²) in [4.78, 5) is 14.2. The molecule has 106 valence electrons. The van der Waals surface area contributed by atoms with Gasteiger partial charge in [-0.1, -0.05) is 29.4 Å². The molecule has 0 saturated carbocycles. The number of anilines is 1. The Balaban J connectivity index is 2.21. The highest BCUT2D eigenvalue weighted by Crippen LogP contribution is 2.35. The Bertz CT molecular complexity index is 862. The SMILES string of the molecule is Cc1ccc(-c2c(-c3cccc(=O)[nH]3)noc2N)cc1C. The monoisotopic (exact) mass is 281 g/mol. The number of hydrogen-bond acceptors (Lipinski definition) is 4. The molecule has 0 spiro atoms. The first kappa shape index (κ1) is 13.2. The number of pyridine rings is 1. The largest absolute Gasteiger partial charge is 0.367 e. The zero-order chi connectivity index (χ0) is 15.0. The highest BCUT2D eigenvalue weighted by atomic mass is 16.5. The predicted octanol–water partition coefficient (Wildman–Crippen LogP) is 2.90. The van der Waals surface area contributed by atoms with Crippen molar-refractivity contribution in [3.8, 4) is 22.5 Å². The number of rotatable bonds is 2. The summed E-state index contributed by atoms with van der Waals surface area (Å²) in [6.07, 6.45) is 0. The second kappa shape index (κ2) is 4.94. The van der Waals surface area contributed by atoms with Crippen LogP contribution >= 0.6 is 0 Å². The number of H-pyrrole nitrogens is 1. The second-order valence-corrected chi connectivity index (χ2v) is 5.00. The van der Waals surface area contributed by atoms with Gasteiger partial charge in [0.2, 0.25) is 11.4 Å². The Morgan fingerprint density at radius 2 is 1.95 bits per heavy atom. The molecule has 0 radical (unpaired) electrons. The van der Waals surface area contributed by atoms with Crippen LogP contribution in [0.3, 0.4) is 0 Å². The van der Waals surface area contributed by atoms with Crippen LogP contribution in [0, 0.1) is 13.8 Å². The van der Waals surface area contributed by atoms with E-state index in [9.17, 15) is 4.79 Å². The highest BCUT2D eigenvalue weighted by Gasteiger charge is 2.18. The second-order valence-electron chi connectivity index (χ2n) is 5.00. The van der Waals surface area contributed by atoms with Gasteiger partial charge in [-0.15, -0.1) is 0 Å². The summed E-state index contributed by atoms with van der Waals surface area (Å²) in [6.45, 7) is 4.08. The lowest BCUT2D eigenvalue weighted by Gasteiger charge is -2.06. The lowest BCUT2D eigenvalue weighted by molar-refractivity contribution is 0.439. The number of aromatic nitrogens is 2. The molecule has 0 aliphatic carbocycles. The molecule has 2 heterocycles. The fourth-order valence-corrected chi connectivity index (χ4v) is 2.25. The van der Waals surface area contributed by atoms with Gasteiger partial charge in [-0.25, -0.2) is 0 Å². The number of aromatic amines is 1. The minimum atomic E-state index is -0.194. The smallest absolute Gasteiger partial charge is 0.248 e. The number of nitrogens with zero attached hydrogens (tertiary/aromatic N) is 1. The van der Waals surface area contributed by atoms with Crippen molar-refractivity contribution in [1.29, 1.82) is 0 Å². The Kier molecular flexibility index (Phi) is 3.10. The van der Waals surface area contributed by atoms with Crippen molar-refractivity contribution in [3.63, 3.8) is 0 Å². The maximum atomic E-state index is 11.5. The van der Waals surface area contributed by atoms with Gasteiger partial charge >= 0.3 is 0 Å². The Morgan fingerprint density at radius 1 is 1.14 bits per heavy atom. The van der Waals surface area contributed by atoms with Crippen LogP contribution in [-0.2, 0) is 0 Å². The lowest BCUT2D eigenvalue weighted by Crippen LogP contribution is -2.04. The van der Waals surface area contributed by atoms with Gasteiger partial charge in [-0.3, -0.25) is 4.79 Å². The van der Waals surface area contributed by atoms with E-state index in [0.29, 0.717) is 17.0 Å². The van der Waals surface area contributed by atoms with Crippen molar-refractivity contribution in [3.05, 3.63) is 57.9 Å². The third-order valence-electron chi connectivity index (χ3n) is 3.54. The maximum absolute atomic E-state index is 11.5. The Morgan fingerprint density at radius 3 is 2.67 bits per heavy atom. The van der Waals surface area contributed by atoms with Crippen LogP contribution in [0.1, 0.15) is 11.1 Å². The van der Waals surface area contributed by atoms with Gasteiger partial charge < -0.3 is 15.2 Å². The molecule has 3 rings (SSSR count). The van der Waals surface area contributed by atoms with Crippen molar-refractivity contribution < 1.29 is 4.52 Å². The number of nitrogen functional groups attached to an aromatic ring is 1. The molecule has 5 heteroatoms. The van der Waals surface area contributed by atoms with Crippen LogP contribution in [-0.4, -0.2) is 10.1 Å². The molecule has 0 bridgehead atoms.